The van der Waals surface area contributed by atoms with Crippen molar-refractivity contribution in [1.82, 2.24) is 0 Å². The minimum absolute atomic E-state index is 1.25. The predicted molar refractivity (Wildman–Crippen MR) is 27.5 cm³/mol. The van der Waals surface area contributed by atoms with Crippen LogP contribution in [0.15, 0.2) is 0 Å². The average Bonchev–Trinajstić information content (AvgIpc) is 1.30. The van der Waals surface area contributed by atoms with E-state index in [2.05, 4.69) is 9.56 Å². The van der Waals surface area contributed by atoms with Gasteiger partial charge in [0.2, 0.25) is 0 Å². The van der Waals surface area contributed by atoms with Gasteiger partial charge in [-0.05, 0) is 11.2 Å². The third-order valence-electron chi connectivity index (χ3n) is 0.208. The molecule has 0 aromatic rings. The van der Waals surface area contributed by atoms with Crippen molar-refractivity contribution in [3.8, 4) is 0 Å². The molecule has 3 nitrogen and oxygen atoms in total. The Morgan fingerprint density at radius 3 is 2.14 bits per heavy atom. The van der Waals surface area contributed by atoms with E-state index >= 15 is 0 Å². The molecule has 0 saturated heterocycles. The van der Waals surface area contributed by atoms with Crippen molar-refractivity contribution in [2.24, 2.45) is 0 Å². The van der Waals surface area contributed by atoms with Crippen LogP contribution in [0, 0.1) is 0 Å². The van der Waals surface area contributed by atoms with Crippen LogP contribution in [0.5, 0.6) is 0 Å². The second-order valence-electron chi connectivity index (χ2n) is 0.988. The molecule has 0 saturated carbocycles. The fourth-order valence-electron chi connectivity index (χ4n) is 0.133. The first-order valence-electron chi connectivity index (χ1n) is 1.56. The highest BCUT2D eigenvalue weighted by Gasteiger charge is 2.08. The van der Waals surface area contributed by atoms with Gasteiger partial charge >= 0.3 is 6.72 Å². The molecule has 1 atom stereocenters. The molecule has 0 aromatic carbocycles. The molecule has 0 N–H and O–H groups in total. The largest absolute Gasteiger partial charge is 0.315 e. The second kappa shape index (κ2) is 2.68. The lowest BCUT2D eigenvalue weighted by Crippen LogP contribution is -1.77. The zero-order valence-electron chi connectivity index (χ0n) is 4.05. The molecule has 0 spiro atoms. The standard InChI is InChI=1S/C2H6ClO3P/c1-5-6-7(2,3)4/h1-2H3. The molecule has 7 heavy (non-hydrogen) atoms. The molecule has 0 radical (unpaired) electrons. The number of rotatable bonds is 2. The van der Waals surface area contributed by atoms with Crippen LogP contribution in [0.2, 0.25) is 0 Å². The first kappa shape index (κ1) is 7.44. The Balaban J connectivity index is 3.36. The summed E-state index contributed by atoms with van der Waals surface area (Å²) >= 11 is 5.04. The van der Waals surface area contributed by atoms with Gasteiger partial charge in [-0.1, -0.05) is 0 Å². The van der Waals surface area contributed by atoms with Crippen molar-refractivity contribution in [2.45, 2.75) is 0 Å². The van der Waals surface area contributed by atoms with E-state index in [1.54, 1.807) is 0 Å². The summed E-state index contributed by atoms with van der Waals surface area (Å²) in [5.41, 5.74) is 0. The molecule has 1 unspecified atom stereocenters. The normalized spacial score (nSPS) is 18.7. The van der Waals surface area contributed by atoms with E-state index in [9.17, 15) is 4.57 Å². The average molecular weight is 144 g/mol. The summed E-state index contributed by atoms with van der Waals surface area (Å²) in [7, 11) is 1.25. The number of hydrogen-bond acceptors (Lipinski definition) is 3. The van der Waals surface area contributed by atoms with Crippen LogP contribution in [0.4, 0.5) is 0 Å². The summed E-state index contributed by atoms with van der Waals surface area (Å²) in [6.07, 6.45) is 0. The van der Waals surface area contributed by atoms with Crippen molar-refractivity contribution < 1.29 is 14.1 Å². The van der Waals surface area contributed by atoms with E-state index in [-0.39, 0.29) is 0 Å². The maximum atomic E-state index is 10.2. The highest BCUT2D eigenvalue weighted by Crippen LogP contribution is 2.47. The minimum Gasteiger partial charge on any atom is -0.273 e. The van der Waals surface area contributed by atoms with Crippen molar-refractivity contribution in [3.05, 3.63) is 0 Å². The molecule has 0 aromatic heterocycles. The number of halogens is 1. The van der Waals surface area contributed by atoms with E-state index in [0.717, 1.165) is 0 Å². The maximum absolute atomic E-state index is 10.2. The molecule has 44 valence electrons. The Labute approximate surface area is 46.7 Å². The van der Waals surface area contributed by atoms with E-state index < -0.39 is 6.72 Å². The fraction of sp³-hybridized carbons (Fsp3) is 1.00. The van der Waals surface area contributed by atoms with Crippen molar-refractivity contribution in [1.29, 1.82) is 0 Å². The summed E-state index contributed by atoms with van der Waals surface area (Å²) < 4.78 is 14.3. The van der Waals surface area contributed by atoms with Gasteiger partial charge in [0, 0.05) is 6.66 Å². The van der Waals surface area contributed by atoms with Crippen LogP contribution < -0.4 is 0 Å². The quantitative estimate of drug-likeness (QED) is 0.336. The van der Waals surface area contributed by atoms with E-state index in [4.69, 9.17) is 11.2 Å². The van der Waals surface area contributed by atoms with E-state index in [0.29, 0.717) is 0 Å². The first-order chi connectivity index (χ1) is 3.06. The summed E-state index contributed by atoms with van der Waals surface area (Å²) in [6.45, 7) is -1.67. The fourth-order valence-corrected chi connectivity index (χ4v) is 0.568. The topological polar surface area (TPSA) is 35.5 Å². The van der Waals surface area contributed by atoms with Gasteiger partial charge in [0.15, 0.2) is 0 Å². The third-order valence-corrected chi connectivity index (χ3v) is 0.792. The Kier molecular flexibility index (Phi) is 2.84. The highest BCUT2D eigenvalue weighted by atomic mass is 35.7. The predicted octanol–water partition coefficient (Wildman–Crippen LogP) is 1.63. The van der Waals surface area contributed by atoms with Gasteiger partial charge in [-0.15, -0.1) is 0 Å². The molecule has 0 bridgehead atoms. The van der Waals surface area contributed by atoms with Crippen LogP contribution >= 0.6 is 18.0 Å². The van der Waals surface area contributed by atoms with Gasteiger partial charge < -0.3 is 0 Å². The minimum atomic E-state index is -2.92. The molecule has 0 rings (SSSR count). The van der Waals surface area contributed by atoms with Crippen LogP contribution in [0.3, 0.4) is 0 Å². The Bertz CT molecular complexity index is 86.9. The summed E-state index contributed by atoms with van der Waals surface area (Å²) in [4.78, 5) is 4.01. The zero-order chi connectivity index (χ0) is 5.91. The van der Waals surface area contributed by atoms with Gasteiger partial charge in [0.1, 0.15) is 0 Å². The van der Waals surface area contributed by atoms with Crippen molar-refractivity contribution >= 4 is 18.0 Å². The molecule has 0 amide bonds. The molecule has 0 aliphatic carbocycles. The van der Waals surface area contributed by atoms with Crippen LogP contribution in [-0.2, 0) is 14.1 Å². The Hall–Kier alpha value is 0.440. The number of hydrogen-bond donors (Lipinski definition) is 0. The van der Waals surface area contributed by atoms with Crippen LogP contribution in [0.1, 0.15) is 0 Å². The first-order valence-corrected chi connectivity index (χ1v) is 4.53. The monoisotopic (exact) mass is 144 g/mol. The summed E-state index contributed by atoms with van der Waals surface area (Å²) in [6, 6.07) is 0. The smallest absolute Gasteiger partial charge is 0.273 e. The molecular weight excluding hydrogens is 138 g/mol. The molecule has 5 heteroatoms. The van der Waals surface area contributed by atoms with E-state index in [1.165, 1.54) is 13.8 Å². The molecule has 0 aliphatic heterocycles. The summed E-state index contributed by atoms with van der Waals surface area (Å²) in [5, 5.41) is 0. The lowest BCUT2D eigenvalue weighted by atomic mass is 11.8. The van der Waals surface area contributed by atoms with Gasteiger partial charge in [-0.25, -0.2) is 4.89 Å². The Morgan fingerprint density at radius 2 is 2.14 bits per heavy atom. The van der Waals surface area contributed by atoms with Crippen molar-refractivity contribution in [2.75, 3.05) is 13.8 Å². The molecular formula is C2H6ClO3P. The lowest BCUT2D eigenvalue weighted by molar-refractivity contribution is -0.173. The molecule has 0 aliphatic rings. The maximum Gasteiger partial charge on any atom is 0.315 e. The SMILES string of the molecule is COOP(C)(=O)Cl. The highest BCUT2D eigenvalue weighted by molar-refractivity contribution is 7.84. The van der Waals surface area contributed by atoms with Crippen LogP contribution in [0.25, 0.3) is 0 Å². The van der Waals surface area contributed by atoms with E-state index in [1.807, 2.05) is 0 Å². The van der Waals surface area contributed by atoms with Crippen LogP contribution in [-0.4, -0.2) is 13.8 Å². The van der Waals surface area contributed by atoms with Crippen molar-refractivity contribution in [3.63, 3.8) is 0 Å². The second-order valence-corrected chi connectivity index (χ2v) is 4.47. The van der Waals surface area contributed by atoms with Gasteiger partial charge in [-0.2, -0.15) is 4.67 Å². The van der Waals surface area contributed by atoms with Gasteiger partial charge in [0.05, 0.1) is 7.11 Å². The van der Waals surface area contributed by atoms with Gasteiger partial charge in [0.25, 0.3) is 0 Å². The van der Waals surface area contributed by atoms with Gasteiger partial charge in [-0.3, -0.25) is 4.57 Å². The third kappa shape index (κ3) is 6.44. The lowest BCUT2D eigenvalue weighted by Gasteiger charge is -1.97. The molecule has 0 heterocycles. The molecule has 0 fully saturated rings. The summed E-state index contributed by atoms with van der Waals surface area (Å²) in [5.74, 6) is 0. The zero-order valence-corrected chi connectivity index (χ0v) is 5.70. The Morgan fingerprint density at radius 1 is 1.71 bits per heavy atom.